The summed E-state index contributed by atoms with van der Waals surface area (Å²) in [4.78, 5) is 9.11. The minimum absolute atomic E-state index is 0. The minimum atomic E-state index is 0. The first-order valence-corrected chi connectivity index (χ1v) is 10.3. The third kappa shape index (κ3) is 7.16. The summed E-state index contributed by atoms with van der Waals surface area (Å²) in [5.41, 5.74) is 3.13. The summed E-state index contributed by atoms with van der Waals surface area (Å²) < 4.78 is 17.4. The molecule has 0 radical (unpaired) electrons. The van der Waals surface area contributed by atoms with Crippen LogP contribution in [0.2, 0.25) is 0 Å². The van der Waals surface area contributed by atoms with Gasteiger partial charge < -0.3 is 24.5 Å². The molecule has 2 N–H and O–H groups in total. The lowest BCUT2D eigenvalue weighted by Crippen LogP contribution is -2.36. The number of nitrogens with zero attached hydrogens (tertiary/aromatic N) is 2. The number of nitrogens with one attached hydrogen (secondary N) is 2. The number of ether oxygens (including phenoxy) is 2. The Bertz CT molecular complexity index is 812. The first kappa shape index (κ1) is 24.5. The number of aliphatic imine (C=N–C) groups is 1. The average Bonchev–Trinajstić information content (AvgIpc) is 3.33. The van der Waals surface area contributed by atoms with Crippen LogP contribution in [0.3, 0.4) is 0 Å². The Labute approximate surface area is 196 Å². The van der Waals surface area contributed by atoms with E-state index in [-0.39, 0.29) is 30.1 Å². The van der Waals surface area contributed by atoms with Gasteiger partial charge in [0.05, 0.1) is 24.9 Å². The predicted octanol–water partition coefficient (Wildman–Crippen LogP) is 4.03. The quantitative estimate of drug-likeness (QED) is 0.306. The summed E-state index contributed by atoms with van der Waals surface area (Å²) in [6, 6.07) is 6.23. The van der Waals surface area contributed by atoms with Gasteiger partial charge in [0.25, 0.3) is 0 Å². The first-order chi connectivity index (χ1) is 14.0. The monoisotopic (exact) mass is 528 g/mol. The second kappa shape index (κ2) is 12.1. The molecular weight excluding hydrogens is 495 g/mol. The number of halogens is 1. The molecule has 1 saturated heterocycles. The Morgan fingerprint density at radius 2 is 2.10 bits per heavy atom. The van der Waals surface area contributed by atoms with Crippen molar-refractivity contribution in [3.8, 4) is 5.75 Å². The van der Waals surface area contributed by atoms with Gasteiger partial charge in [-0.25, -0.2) is 9.98 Å². The van der Waals surface area contributed by atoms with Gasteiger partial charge in [-0.05, 0) is 52.2 Å². The van der Waals surface area contributed by atoms with E-state index in [2.05, 4.69) is 40.7 Å². The van der Waals surface area contributed by atoms with Crippen molar-refractivity contribution in [2.24, 2.45) is 4.99 Å². The van der Waals surface area contributed by atoms with Crippen molar-refractivity contribution in [3.63, 3.8) is 0 Å². The normalized spacial score (nSPS) is 16.3. The summed E-state index contributed by atoms with van der Waals surface area (Å²) >= 11 is 0. The molecule has 8 heteroatoms. The number of benzene rings is 1. The molecule has 1 aromatic heterocycles. The van der Waals surface area contributed by atoms with Gasteiger partial charge in [0.15, 0.2) is 5.96 Å². The molecule has 1 aliphatic heterocycles. The van der Waals surface area contributed by atoms with E-state index in [9.17, 15) is 0 Å². The number of aryl methyl sites for hydroxylation is 3. The Morgan fingerprint density at radius 1 is 1.27 bits per heavy atom. The van der Waals surface area contributed by atoms with Crippen molar-refractivity contribution in [1.82, 2.24) is 15.6 Å². The van der Waals surface area contributed by atoms with Crippen molar-refractivity contribution < 1.29 is 13.9 Å². The highest BCUT2D eigenvalue weighted by Gasteiger charge is 2.17. The van der Waals surface area contributed by atoms with Gasteiger partial charge in [-0.15, -0.1) is 24.0 Å². The van der Waals surface area contributed by atoms with Crippen LogP contribution in [0.4, 0.5) is 0 Å². The molecule has 30 heavy (non-hydrogen) atoms. The predicted molar refractivity (Wildman–Crippen MR) is 129 cm³/mol. The van der Waals surface area contributed by atoms with Crippen LogP contribution >= 0.6 is 24.0 Å². The van der Waals surface area contributed by atoms with E-state index in [1.54, 1.807) is 0 Å². The maximum Gasteiger partial charge on any atom is 0.214 e. The molecule has 1 fully saturated rings. The van der Waals surface area contributed by atoms with E-state index in [1.807, 2.05) is 20.8 Å². The summed E-state index contributed by atoms with van der Waals surface area (Å²) in [5, 5.41) is 6.54. The van der Waals surface area contributed by atoms with Gasteiger partial charge in [-0.1, -0.05) is 12.1 Å². The van der Waals surface area contributed by atoms with Gasteiger partial charge in [-0.3, -0.25) is 0 Å². The summed E-state index contributed by atoms with van der Waals surface area (Å²) in [5.74, 6) is 3.09. The zero-order valence-electron chi connectivity index (χ0n) is 18.3. The second-order valence-corrected chi connectivity index (χ2v) is 7.36. The number of aromatic nitrogens is 1. The molecule has 166 valence electrons. The van der Waals surface area contributed by atoms with Crippen LogP contribution in [0.25, 0.3) is 0 Å². The molecule has 0 aliphatic carbocycles. The maximum atomic E-state index is 6.08. The smallest absolute Gasteiger partial charge is 0.214 e. The lowest BCUT2D eigenvalue weighted by molar-refractivity contribution is 0.0676. The van der Waals surface area contributed by atoms with E-state index < -0.39 is 0 Å². The largest absolute Gasteiger partial charge is 0.491 e. The highest BCUT2D eigenvalue weighted by atomic mass is 127. The van der Waals surface area contributed by atoms with Crippen molar-refractivity contribution >= 4 is 29.9 Å². The summed E-state index contributed by atoms with van der Waals surface area (Å²) in [7, 11) is 0. The Balaban J connectivity index is 0.00000320. The Morgan fingerprint density at radius 3 is 2.77 bits per heavy atom. The summed E-state index contributed by atoms with van der Waals surface area (Å²) in [6.45, 7) is 11.2. The zero-order valence-corrected chi connectivity index (χ0v) is 20.6. The molecule has 2 heterocycles. The standard InChI is InChI=1S/C22H32N4O3.HI/c1-5-23-22(25-13-21-26-16(3)17(4)29-21)24-12-18-9-8-15(2)11-20(18)28-14-19-7-6-10-27-19;/h8-9,11,19H,5-7,10,12-14H2,1-4H3,(H2,23,24,25);1H. The molecule has 1 aromatic carbocycles. The second-order valence-electron chi connectivity index (χ2n) is 7.36. The van der Waals surface area contributed by atoms with Crippen molar-refractivity contribution in [2.45, 2.75) is 59.7 Å². The number of hydrogen-bond acceptors (Lipinski definition) is 5. The highest BCUT2D eigenvalue weighted by molar-refractivity contribution is 14.0. The van der Waals surface area contributed by atoms with E-state index in [0.717, 1.165) is 48.8 Å². The lowest BCUT2D eigenvalue weighted by atomic mass is 10.1. The first-order valence-electron chi connectivity index (χ1n) is 10.3. The zero-order chi connectivity index (χ0) is 20.6. The Hall–Kier alpha value is -1.81. The SMILES string of the molecule is CCNC(=NCc1ccc(C)cc1OCC1CCCO1)NCc1nc(C)c(C)o1.I. The fraction of sp³-hybridized carbons (Fsp3) is 0.545. The van der Waals surface area contributed by atoms with Crippen LogP contribution in [0.15, 0.2) is 27.6 Å². The molecule has 7 nitrogen and oxygen atoms in total. The topological polar surface area (TPSA) is 80.9 Å². The molecule has 2 aromatic rings. The van der Waals surface area contributed by atoms with Gasteiger partial charge in [0, 0.05) is 18.7 Å². The van der Waals surface area contributed by atoms with Crippen LogP contribution in [0.5, 0.6) is 5.75 Å². The van der Waals surface area contributed by atoms with Crippen LogP contribution in [0.1, 0.15) is 48.2 Å². The van der Waals surface area contributed by atoms with Gasteiger partial charge in [-0.2, -0.15) is 0 Å². The minimum Gasteiger partial charge on any atom is -0.491 e. The molecule has 0 saturated carbocycles. The molecule has 0 amide bonds. The van der Waals surface area contributed by atoms with E-state index >= 15 is 0 Å². The molecule has 3 rings (SSSR count). The molecule has 1 atom stereocenters. The van der Waals surface area contributed by atoms with Crippen LogP contribution in [0, 0.1) is 20.8 Å². The average molecular weight is 528 g/mol. The van der Waals surface area contributed by atoms with E-state index in [0.29, 0.717) is 31.5 Å². The fourth-order valence-corrected chi connectivity index (χ4v) is 3.17. The van der Waals surface area contributed by atoms with Gasteiger partial charge in [0.2, 0.25) is 5.89 Å². The third-order valence-corrected chi connectivity index (χ3v) is 4.90. The van der Waals surface area contributed by atoms with Crippen LogP contribution in [-0.4, -0.2) is 36.8 Å². The summed E-state index contributed by atoms with van der Waals surface area (Å²) in [6.07, 6.45) is 2.37. The molecule has 1 unspecified atom stereocenters. The van der Waals surface area contributed by atoms with Gasteiger partial charge >= 0.3 is 0 Å². The number of guanidine groups is 1. The number of hydrogen-bond donors (Lipinski definition) is 2. The van der Waals surface area contributed by atoms with E-state index in [1.165, 1.54) is 5.56 Å². The van der Waals surface area contributed by atoms with Crippen LogP contribution < -0.4 is 15.4 Å². The Kier molecular flexibility index (Phi) is 9.90. The fourth-order valence-electron chi connectivity index (χ4n) is 3.17. The van der Waals surface area contributed by atoms with Crippen molar-refractivity contribution in [1.29, 1.82) is 0 Å². The lowest BCUT2D eigenvalue weighted by Gasteiger charge is -2.15. The molecular formula is C22H33IN4O3. The van der Waals surface area contributed by atoms with Crippen molar-refractivity contribution in [3.05, 3.63) is 46.7 Å². The van der Waals surface area contributed by atoms with Crippen LogP contribution in [-0.2, 0) is 17.8 Å². The molecule has 0 bridgehead atoms. The molecule has 0 spiro atoms. The maximum absolute atomic E-state index is 6.08. The van der Waals surface area contributed by atoms with E-state index in [4.69, 9.17) is 18.9 Å². The third-order valence-electron chi connectivity index (χ3n) is 4.90. The van der Waals surface area contributed by atoms with Gasteiger partial charge in [0.1, 0.15) is 18.1 Å². The number of oxazole rings is 1. The molecule has 1 aliphatic rings. The number of rotatable bonds is 8. The highest BCUT2D eigenvalue weighted by Crippen LogP contribution is 2.23. The van der Waals surface area contributed by atoms with Crippen molar-refractivity contribution in [2.75, 3.05) is 19.8 Å².